The highest BCUT2D eigenvalue weighted by molar-refractivity contribution is 7.15. The molecule has 3 aromatic carbocycles. The van der Waals surface area contributed by atoms with E-state index >= 15 is 0 Å². The Bertz CT molecular complexity index is 1840. The molecule has 3 heterocycles. The first-order valence-electron chi connectivity index (χ1n) is 11.3. The van der Waals surface area contributed by atoms with Gasteiger partial charge in [0.15, 0.2) is 5.82 Å². The number of carbonyl (C=O) groups excluding carboxylic acids is 2. The van der Waals surface area contributed by atoms with Gasteiger partial charge in [-0.2, -0.15) is 9.50 Å². The molecular weight excluding hydrogens is 512 g/mol. The molecule has 0 unspecified atom stereocenters. The fraction of sp³-hybridized carbons (Fsp3) is 0.0741. The maximum absolute atomic E-state index is 13.7. The number of esters is 1. The summed E-state index contributed by atoms with van der Waals surface area (Å²) >= 11 is 7.45. The number of fused-ring (bicyclic) bond motifs is 2. The molecule has 182 valence electrons. The smallest absolute Gasteiger partial charge is 0.308 e. The Morgan fingerprint density at radius 2 is 1.68 bits per heavy atom. The molecule has 2 aromatic heterocycles. The van der Waals surface area contributed by atoms with Gasteiger partial charge in [-0.1, -0.05) is 71.5 Å². The van der Waals surface area contributed by atoms with Crippen LogP contribution in [0.5, 0.6) is 5.75 Å². The number of amides is 1. The molecule has 0 N–H and O–H groups in total. The average molecular weight is 529 g/mol. The van der Waals surface area contributed by atoms with Crippen LogP contribution in [-0.4, -0.2) is 26.5 Å². The number of thiazole rings is 1. The van der Waals surface area contributed by atoms with Crippen LogP contribution in [0.2, 0.25) is 5.02 Å². The van der Waals surface area contributed by atoms with Gasteiger partial charge in [-0.25, -0.2) is 0 Å². The molecule has 1 amide bonds. The van der Waals surface area contributed by atoms with E-state index < -0.39 is 11.5 Å². The minimum absolute atomic E-state index is 0.246. The lowest BCUT2D eigenvalue weighted by molar-refractivity contribution is -0.131. The molecule has 1 aliphatic heterocycles. The number of benzene rings is 3. The lowest BCUT2D eigenvalue weighted by Gasteiger charge is -2.17. The molecule has 1 aliphatic rings. The van der Waals surface area contributed by atoms with Gasteiger partial charge in [-0.05, 0) is 29.8 Å². The van der Waals surface area contributed by atoms with E-state index in [2.05, 4.69) is 10.1 Å². The standard InChI is InChI=1S/C27H17ClN4O4S/c1-15(33)36-21-13-7-4-10-18(21)24-29-27-32(30-24)26(35)23(37-27)22-17-9-3-6-12-20(17)31(25(22)34)14-16-8-2-5-11-19(16)28/h2-13H,14H2,1H3/b23-22-. The van der Waals surface area contributed by atoms with E-state index in [0.29, 0.717) is 38.1 Å². The van der Waals surface area contributed by atoms with Crippen molar-refractivity contribution in [2.45, 2.75) is 13.5 Å². The maximum Gasteiger partial charge on any atom is 0.308 e. The molecule has 0 fully saturated rings. The molecule has 5 aromatic rings. The third kappa shape index (κ3) is 3.89. The van der Waals surface area contributed by atoms with Gasteiger partial charge in [0, 0.05) is 17.5 Å². The number of nitrogens with zero attached hydrogens (tertiary/aromatic N) is 4. The van der Waals surface area contributed by atoms with Gasteiger partial charge in [-0.15, -0.1) is 5.10 Å². The molecule has 6 rings (SSSR count). The molecule has 0 aliphatic carbocycles. The summed E-state index contributed by atoms with van der Waals surface area (Å²) in [7, 11) is 0. The van der Waals surface area contributed by atoms with E-state index in [0.717, 1.165) is 16.9 Å². The van der Waals surface area contributed by atoms with Crippen LogP contribution in [0.4, 0.5) is 5.69 Å². The fourth-order valence-electron chi connectivity index (χ4n) is 4.35. The summed E-state index contributed by atoms with van der Waals surface area (Å²) in [4.78, 5) is 45.1. The average Bonchev–Trinajstić information content (AvgIpc) is 3.51. The van der Waals surface area contributed by atoms with Gasteiger partial charge in [-0.3, -0.25) is 14.4 Å². The van der Waals surface area contributed by atoms with Crippen LogP contribution in [-0.2, 0) is 16.1 Å². The van der Waals surface area contributed by atoms with Crippen molar-refractivity contribution in [3.63, 3.8) is 0 Å². The molecule has 0 saturated heterocycles. The van der Waals surface area contributed by atoms with E-state index in [1.165, 1.54) is 11.4 Å². The normalized spacial score (nSPS) is 14.3. The number of anilines is 1. The maximum atomic E-state index is 13.7. The minimum Gasteiger partial charge on any atom is -0.426 e. The third-order valence-electron chi connectivity index (χ3n) is 5.98. The molecular formula is C27H17ClN4O4S. The topological polar surface area (TPSA) is 93.9 Å². The zero-order valence-electron chi connectivity index (χ0n) is 19.3. The predicted octanol–water partition coefficient (Wildman–Crippen LogP) is 3.86. The van der Waals surface area contributed by atoms with Crippen LogP contribution >= 0.6 is 22.9 Å². The highest BCUT2D eigenvalue weighted by Gasteiger charge is 2.34. The highest BCUT2D eigenvalue weighted by atomic mass is 35.5. The summed E-state index contributed by atoms with van der Waals surface area (Å²) in [5.41, 5.74) is 2.52. The molecule has 0 bridgehead atoms. The number of hydrogen-bond acceptors (Lipinski definition) is 7. The Morgan fingerprint density at radius 3 is 2.43 bits per heavy atom. The van der Waals surface area contributed by atoms with E-state index in [4.69, 9.17) is 16.3 Å². The number of hydrogen-bond donors (Lipinski definition) is 0. The van der Waals surface area contributed by atoms with Gasteiger partial charge in [0.25, 0.3) is 11.5 Å². The summed E-state index contributed by atoms with van der Waals surface area (Å²) in [6.45, 7) is 1.58. The molecule has 10 heteroatoms. The van der Waals surface area contributed by atoms with E-state index in [-0.39, 0.29) is 22.8 Å². The van der Waals surface area contributed by atoms with Crippen molar-refractivity contribution >= 4 is 51.0 Å². The molecule has 0 radical (unpaired) electrons. The first-order valence-corrected chi connectivity index (χ1v) is 12.5. The van der Waals surface area contributed by atoms with Crippen LogP contribution in [0.1, 0.15) is 18.1 Å². The summed E-state index contributed by atoms with van der Waals surface area (Å²) in [6.07, 6.45) is 0. The first-order chi connectivity index (χ1) is 17.9. The van der Waals surface area contributed by atoms with E-state index in [1.807, 2.05) is 42.5 Å². The second kappa shape index (κ2) is 8.95. The largest absolute Gasteiger partial charge is 0.426 e. The van der Waals surface area contributed by atoms with Crippen LogP contribution in [0.15, 0.2) is 77.6 Å². The van der Waals surface area contributed by atoms with Gasteiger partial charge in [0.1, 0.15) is 10.3 Å². The number of rotatable bonds is 4. The fourth-order valence-corrected chi connectivity index (χ4v) is 5.54. The van der Waals surface area contributed by atoms with Crippen LogP contribution < -0.4 is 19.7 Å². The molecule has 37 heavy (non-hydrogen) atoms. The lowest BCUT2D eigenvalue weighted by Crippen LogP contribution is -2.32. The van der Waals surface area contributed by atoms with Gasteiger partial charge >= 0.3 is 5.97 Å². The van der Waals surface area contributed by atoms with Crippen LogP contribution in [0, 0.1) is 0 Å². The number of aromatic nitrogens is 3. The zero-order valence-corrected chi connectivity index (χ0v) is 20.9. The highest BCUT2D eigenvalue weighted by Crippen LogP contribution is 2.37. The van der Waals surface area contributed by atoms with Gasteiger partial charge < -0.3 is 9.64 Å². The Balaban J connectivity index is 1.48. The predicted molar refractivity (Wildman–Crippen MR) is 141 cm³/mol. The summed E-state index contributed by atoms with van der Waals surface area (Å²) < 4.78 is 6.70. The number of ether oxygens (including phenoxy) is 1. The van der Waals surface area contributed by atoms with Crippen LogP contribution in [0.3, 0.4) is 0 Å². The van der Waals surface area contributed by atoms with Gasteiger partial charge in [0.2, 0.25) is 4.96 Å². The Labute approximate surface area is 219 Å². The lowest BCUT2D eigenvalue weighted by atomic mass is 10.1. The third-order valence-corrected chi connectivity index (χ3v) is 7.37. The van der Waals surface area contributed by atoms with Crippen molar-refractivity contribution in [2.75, 3.05) is 4.90 Å². The Hall–Kier alpha value is -4.34. The number of carbonyl (C=O) groups is 2. The van der Waals surface area contributed by atoms with Gasteiger partial charge in [0.05, 0.1) is 23.4 Å². The van der Waals surface area contributed by atoms with Crippen molar-refractivity contribution < 1.29 is 14.3 Å². The molecule has 0 atom stereocenters. The van der Waals surface area contributed by atoms with E-state index in [1.54, 1.807) is 35.2 Å². The molecule has 0 saturated carbocycles. The summed E-state index contributed by atoms with van der Waals surface area (Å²) in [6, 6.07) is 21.5. The second-order valence-corrected chi connectivity index (χ2v) is 9.72. The molecule has 8 nitrogen and oxygen atoms in total. The van der Waals surface area contributed by atoms with Crippen molar-refractivity contribution in [3.8, 4) is 17.1 Å². The first kappa shape index (κ1) is 23.1. The second-order valence-electron chi connectivity index (χ2n) is 8.33. The number of halogens is 1. The Kier molecular flexibility index (Phi) is 5.58. The minimum atomic E-state index is -0.476. The molecule has 0 spiro atoms. The zero-order chi connectivity index (χ0) is 25.7. The number of para-hydroxylation sites is 2. The van der Waals surface area contributed by atoms with E-state index in [9.17, 15) is 14.4 Å². The van der Waals surface area contributed by atoms with Crippen molar-refractivity contribution in [1.29, 1.82) is 0 Å². The summed E-state index contributed by atoms with van der Waals surface area (Å²) in [5.74, 6) is -0.222. The SMILES string of the molecule is CC(=O)Oc1ccccc1-c1nc2s/c(=C3\C(=O)N(Cc4ccccc4Cl)c4ccccc43)c(=O)n2n1. The van der Waals surface area contributed by atoms with Crippen molar-refractivity contribution in [3.05, 3.63) is 104 Å². The monoisotopic (exact) mass is 528 g/mol. The quantitative estimate of drug-likeness (QED) is 0.260. The Morgan fingerprint density at radius 1 is 0.973 bits per heavy atom. The van der Waals surface area contributed by atoms with Crippen molar-refractivity contribution in [2.24, 2.45) is 0 Å². The van der Waals surface area contributed by atoms with Crippen molar-refractivity contribution in [1.82, 2.24) is 14.6 Å². The summed E-state index contributed by atoms with van der Waals surface area (Å²) in [5, 5.41) is 4.94. The van der Waals surface area contributed by atoms with Crippen LogP contribution in [0.25, 0.3) is 21.9 Å².